The molecule has 1 aromatic rings. The summed E-state index contributed by atoms with van der Waals surface area (Å²) in [5, 5.41) is 7.51. The van der Waals surface area contributed by atoms with Crippen molar-refractivity contribution >= 4 is 11.6 Å². The van der Waals surface area contributed by atoms with Gasteiger partial charge in [0.1, 0.15) is 6.61 Å². The number of carbonyl (C=O) groups is 1. The molecular formula is C13H20N4O2. The van der Waals surface area contributed by atoms with Crippen molar-refractivity contribution in [1.29, 1.82) is 0 Å². The van der Waals surface area contributed by atoms with Crippen LogP contribution in [0.5, 0.6) is 0 Å². The predicted octanol–water partition coefficient (Wildman–Crippen LogP) is 0.294. The van der Waals surface area contributed by atoms with Gasteiger partial charge in [0.2, 0.25) is 0 Å². The van der Waals surface area contributed by atoms with Gasteiger partial charge < -0.3 is 15.0 Å². The molecule has 104 valence electrons. The van der Waals surface area contributed by atoms with Crippen LogP contribution in [0.3, 0.4) is 0 Å². The largest absolute Gasteiger partial charge is 0.363 e. The summed E-state index contributed by atoms with van der Waals surface area (Å²) in [7, 11) is 1.86. The monoisotopic (exact) mass is 264 g/mol. The highest BCUT2D eigenvalue weighted by molar-refractivity contribution is 5.95. The molecule has 0 saturated carbocycles. The number of nitrogens with one attached hydrogen (secondary N) is 1. The minimum Gasteiger partial charge on any atom is -0.363 e. The number of hydrogen-bond donors (Lipinski definition) is 1. The van der Waals surface area contributed by atoms with Crippen molar-refractivity contribution < 1.29 is 9.53 Å². The summed E-state index contributed by atoms with van der Waals surface area (Å²) in [5.41, 5.74) is 0.649. The number of anilines is 1. The third kappa shape index (κ3) is 2.04. The van der Waals surface area contributed by atoms with Crippen molar-refractivity contribution in [3.63, 3.8) is 0 Å². The van der Waals surface area contributed by atoms with E-state index in [2.05, 4.69) is 17.3 Å². The van der Waals surface area contributed by atoms with E-state index >= 15 is 0 Å². The lowest BCUT2D eigenvalue weighted by Crippen LogP contribution is -2.64. The van der Waals surface area contributed by atoms with Crippen molar-refractivity contribution in [3.05, 3.63) is 12.4 Å². The number of piperidine rings is 1. The van der Waals surface area contributed by atoms with Gasteiger partial charge in [0.25, 0.3) is 5.91 Å². The van der Waals surface area contributed by atoms with E-state index in [-0.39, 0.29) is 24.2 Å². The van der Waals surface area contributed by atoms with E-state index in [9.17, 15) is 4.79 Å². The molecule has 1 atom stereocenters. The molecule has 3 heterocycles. The standard InChI is InChI=1S/C13H20N4O2/c1-10-13(3-5-14-6-4-13)19-9-12(18)17(10)11-7-15-16(2)8-11/h7-8,10,14H,3-6,9H2,1-2H3/t10-/m1/s1. The predicted molar refractivity (Wildman–Crippen MR) is 70.9 cm³/mol. The van der Waals surface area contributed by atoms with Gasteiger partial charge >= 0.3 is 0 Å². The van der Waals surface area contributed by atoms with Crippen LogP contribution in [0.2, 0.25) is 0 Å². The average Bonchev–Trinajstić information content (AvgIpc) is 2.83. The number of aryl methyl sites for hydroxylation is 1. The molecule has 3 rings (SSSR count). The number of ether oxygens (including phenoxy) is 1. The zero-order valence-electron chi connectivity index (χ0n) is 11.4. The molecule has 1 spiro atoms. The van der Waals surface area contributed by atoms with E-state index in [4.69, 9.17) is 4.74 Å². The molecule has 19 heavy (non-hydrogen) atoms. The minimum atomic E-state index is -0.213. The van der Waals surface area contributed by atoms with Crippen LogP contribution >= 0.6 is 0 Å². The summed E-state index contributed by atoms with van der Waals surface area (Å²) in [6, 6.07) is 0.0417. The summed E-state index contributed by atoms with van der Waals surface area (Å²) >= 11 is 0. The topological polar surface area (TPSA) is 59.4 Å². The summed E-state index contributed by atoms with van der Waals surface area (Å²) in [4.78, 5) is 14.0. The Labute approximate surface area is 112 Å². The molecule has 2 aliphatic heterocycles. The van der Waals surface area contributed by atoms with Crippen LogP contribution in [0.4, 0.5) is 5.69 Å². The van der Waals surface area contributed by atoms with E-state index in [0.29, 0.717) is 0 Å². The van der Waals surface area contributed by atoms with Gasteiger partial charge in [-0.2, -0.15) is 5.10 Å². The SMILES string of the molecule is C[C@H]1N(c2cnn(C)c2)C(=O)COC12CCNCC2. The first-order chi connectivity index (χ1) is 9.12. The molecule has 0 aromatic carbocycles. The summed E-state index contributed by atoms with van der Waals surface area (Å²) < 4.78 is 7.65. The van der Waals surface area contributed by atoms with Crippen LogP contribution in [-0.4, -0.2) is 47.0 Å². The maximum atomic E-state index is 12.2. The second-order valence-corrected chi connectivity index (χ2v) is 5.42. The molecule has 1 N–H and O–H groups in total. The Bertz CT molecular complexity index is 479. The van der Waals surface area contributed by atoms with E-state index in [1.807, 2.05) is 18.1 Å². The quantitative estimate of drug-likeness (QED) is 0.792. The lowest BCUT2D eigenvalue weighted by molar-refractivity contribution is -0.148. The molecule has 6 heteroatoms. The van der Waals surface area contributed by atoms with E-state index in [1.54, 1.807) is 10.9 Å². The normalized spacial score (nSPS) is 26.9. The van der Waals surface area contributed by atoms with Crippen LogP contribution in [0.1, 0.15) is 19.8 Å². The third-order valence-electron chi connectivity index (χ3n) is 4.32. The summed E-state index contributed by atoms with van der Waals surface area (Å²) in [5.74, 6) is 0.0182. The average molecular weight is 264 g/mol. The van der Waals surface area contributed by atoms with Gasteiger partial charge in [0.15, 0.2) is 0 Å². The smallest absolute Gasteiger partial charge is 0.253 e. The fourth-order valence-electron chi connectivity index (χ4n) is 3.16. The van der Waals surface area contributed by atoms with Crippen LogP contribution in [-0.2, 0) is 16.6 Å². The molecule has 2 saturated heterocycles. The Morgan fingerprint density at radius 3 is 2.84 bits per heavy atom. The second-order valence-electron chi connectivity index (χ2n) is 5.42. The van der Waals surface area contributed by atoms with Gasteiger partial charge in [0, 0.05) is 13.2 Å². The van der Waals surface area contributed by atoms with Crippen molar-refractivity contribution in [2.75, 3.05) is 24.6 Å². The highest BCUT2D eigenvalue weighted by Crippen LogP contribution is 2.36. The van der Waals surface area contributed by atoms with Gasteiger partial charge in [-0.25, -0.2) is 0 Å². The van der Waals surface area contributed by atoms with Crippen molar-refractivity contribution in [2.45, 2.75) is 31.4 Å². The maximum absolute atomic E-state index is 12.2. The Kier molecular flexibility index (Phi) is 3.06. The number of nitrogens with zero attached hydrogens (tertiary/aromatic N) is 3. The second kappa shape index (κ2) is 4.61. The van der Waals surface area contributed by atoms with Crippen molar-refractivity contribution in [3.8, 4) is 0 Å². The molecule has 0 aliphatic carbocycles. The maximum Gasteiger partial charge on any atom is 0.253 e. The van der Waals surface area contributed by atoms with E-state index in [0.717, 1.165) is 31.6 Å². The molecule has 0 radical (unpaired) electrons. The molecule has 0 unspecified atom stereocenters. The fraction of sp³-hybridized carbons (Fsp3) is 0.692. The molecule has 2 fully saturated rings. The van der Waals surface area contributed by atoms with Crippen LogP contribution in [0, 0.1) is 0 Å². The molecule has 1 aromatic heterocycles. The number of aromatic nitrogens is 2. The molecule has 1 amide bonds. The van der Waals surface area contributed by atoms with Gasteiger partial charge in [-0.3, -0.25) is 9.48 Å². The first-order valence-electron chi connectivity index (χ1n) is 6.78. The molecule has 0 bridgehead atoms. The first kappa shape index (κ1) is 12.6. The van der Waals surface area contributed by atoms with Gasteiger partial charge in [-0.05, 0) is 32.9 Å². The van der Waals surface area contributed by atoms with Gasteiger partial charge in [-0.1, -0.05) is 0 Å². The summed E-state index contributed by atoms with van der Waals surface area (Å²) in [6.07, 6.45) is 5.51. The highest BCUT2D eigenvalue weighted by Gasteiger charge is 2.47. The highest BCUT2D eigenvalue weighted by atomic mass is 16.5. The van der Waals surface area contributed by atoms with Crippen molar-refractivity contribution in [2.24, 2.45) is 7.05 Å². The Balaban J connectivity index is 1.91. The van der Waals surface area contributed by atoms with Crippen LogP contribution in [0.25, 0.3) is 0 Å². The van der Waals surface area contributed by atoms with Crippen LogP contribution < -0.4 is 10.2 Å². The number of carbonyl (C=O) groups excluding carboxylic acids is 1. The Morgan fingerprint density at radius 2 is 2.21 bits per heavy atom. The van der Waals surface area contributed by atoms with Gasteiger partial charge in [-0.15, -0.1) is 0 Å². The van der Waals surface area contributed by atoms with Crippen molar-refractivity contribution in [1.82, 2.24) is 15.1 Å². The van der Waals surface area contributed by atoms with E-state index in [1.165, 1.54) is 0 Å². The first-order valence-corrected chi connectivity index (χ1v) is 6.78. The number of hydrogen-bond acceptors (Lipinski definition) is 4. The zero-order chi connectivity index (χ0) is 13.5. The molecule has 6 nitrogen and oxygen atoms in total. The summed E-state index contributed by atoms with van der Waals surface area (Å²) in [6.45, 7) is 4.13. The lowest BCUT2D eigenvalue weighted by Gasteiger charge is -2.49. The number of amides is 1. The van der Waals surface area contributed by atoms with Crippen LogP contribution in [0.15, 0.2) is 12.4 Å². The Hall–Kier alpha value is -1.40. The van der Waals surface area contributed by atoms with Gasteiger partial charge in [0.05, 0.1) is 23.5 Å². The fourth-order valence-corrected chi connectivity index (χ4v) is 3.16. The zero-order valence-corrected chi connectivity index (χ0v) is 11.4. The third-order valence-corrected chi connectivity index (χ3v) is 4.32. The lowest BCUT2D eigenvalue weighted by atomic mass is 9.83. The minimum absolute atomic E-state index is 0.0182. The van der Waals surface area contributed by atoms with E-state index < -0.39 is 0 Å². The molecule has 2 aliphatic rings. The Morgan fingerprint density at radius 1 is 1.47 bits per heavy atom. The number of morpholine rings is 1. The number of rotatable bonds is 1. The molecular weight excluding hydrogens is 244 g/mol.